The first-order chi connectivity index (χ1) is 13.5. The summed E-state index contributed by atoms with van der Waals surface area (Å²) >= 11 is 5.92. The molecule has 0 atom stereocenters. The Kier molecular flexibility index (Phi) is 5.72. The van der Waals surface area contributed by atoms with Crippen LogP contribution in [0.15, 0.2) is 59.4 Å². The van der Waals surface area contributed by atoms with Crippen molar-refractivity contribution in [2.24, 2.45) is 0 Å². The molecule has 0 aliphatic heterocycles. The van der Waals surface area contributed by atoms with Crippen LogP contribution in [-0.4, -0.2) is 22.8 Å². The molecule has 1 N–H and O–H groups in total. The Labute approximate surface area is 165 Å². The van der Waals surface area contributed by atoms with Crippen LogP contribution < -0.4 is 15.6 Å². The molecular weight excluding hydrogens is 380 g/mol. The first-order valence-corrected chi connectivity index (χ1v) is 8.60. The number of halogens is 1. The number of nitrogens with one attached hydrogen (secondary N) is 1. The molecule has 8 heteroatoms. The number of aromatic nitrogens is 2. The highest BCUT2D eigenvalue weighted by Gasteiger charge is 2.11. The number of nitrogens with zero attached hydrogens (tertiary/aromatic N) is 3. The smallest absolute Gasteiger partial charge is 0.267 e. The molecule has 3 aromatic rings. The number of hydrogen-bond donors (Lipinski definition) is 1. The molecule has 0 fully saturated rings. The van der Waals surface area contributed by atoms with Crippen molar-refractivity contribution < 1.29 is 9.53 Å². The van der Waals surface area contributed by atoms with Gasteiger partial charge in [0.25, 0.3) is 5.56 Å². The number of rotatable bonds is 5. The Bertz CT molecular complexity index is 1120. The van der Waals surface area contributed by atoms with E-state index in [0.29, 0.717) is 16.5 Å². The number of carbonyl (C=O) groups excluding carboxylic acids is 1. The van der Waals surface area contributed by atoms with Gasteiger partial charge in [0.05, 0.1) is 24.1 Å². The first-order valence-electron chi connectivity index (χ1n) is 8.22. The highest BCUT2D eigenvalue weighted by Crippen LogP contribution is 2.21. The number of ether oxygens (including phenoxy) is 1. The van der Waals surface area contributed by atoms with E-state index in [2.05, 4.69) is 10.4 Å². The van der Waals surface area contributed by atoms with Crippen molar-refractivity contribution in [1.82, 2.24) is 9.78 Å². The van der Waals surface area contributed by atoms with Gasteiger partial charge in [-0.05, 0) is 48.5 Å². The van der Waals surface area contributed by atoms with Crippen LogP contribution in [0.25, 0.3) is 11.3 Å². The maximum Gasteiger partial charge on any atom is 0.267 e. The van der Waals surface area contributed by atoms with E-state index in [1.807, 2.05) is 6.07 Å². The first kappa shape index (κ1) is 19.1. The summed E-state index contributed by atoms with van der Waals surface area (Å²) in [7, 11) is 1.57. The van der Waals surface area contributed by atoms with E-state index in [1.54, 1.807) is 43.5 Å². The minimum atomic E-state index is -0.500. The van der Waals surface area contributed by atoms with Gasteiger partial charge >= 0.3 is 0 Å². The van der Waals surface area contributed by atoms with Gasteiger partial charge in [-0.1, -0.05) is 11.6 Å². The van der Waals surface area contributed by atoms with Crippen LogP contribution in [0.3, 0.4) is 0 Å². The van der Waals surface area contributed by atoms with Crippen molar-refractivity contribution in [2.75, 3.05) is 12.4 Å². The fourth-order valence-electron chi connectivity index (χ4n) is 2.52. The molecule has 2 aromatic carbocycles. The summed E-state index contributed by atoms with van der Waals surface area (Å²) in [6.07, 6.45) is 0. The minimum Gasteiger partial charge on any atom is -0.497 e. The summed E-state index contributed by atoms with van der Waals surface area (Å²) in [5.74, 6) is 0.200. The molecule has 0 spiro atoms. The van der Waals surface area contributed by atoms with E-state index in [4.69, 9.17) is 21.6 Å². The van der Waals surface area contributed by atoms with Crippen LogP contribution in [0.5, 0.6) is 5.75 Å². The van der Waals surface area contributed by atoms with Gasteiger partial charge in [-0.2, -0.15) is 10.4 Å². The third-order valence-electron chi connectivity index (χ3n) is 3.92. The molecule has 28 heavy (non-hydrogen) atoms. The highest BCUT2D eigenvalue weighted by atomic mass is 35.5. The van der Waals surface area contributed by atoms with Gasteiger partial charge in [-0.25, -0.2) is 4.68 Å². The SMILES string of the molecule is COc1ccc(-c2ccc(=O)n(CC(=O)Nc3cc(Cl)ccc3C#N)n2)cc1. The lowest BCUT2D eigenvalue weighted by atomic mass is 10.1. The van der Waals surface area contributed by atoms with Crippen LogP contribution in [0.4, 0.5) is 5.69 Å². The fraction of sp³-hybridized carbons (Fsp3) is 0.100. The molecule has 3 rings (SSSR count). The van der Waals surface area contributed by atoms with E-state index < -0.39 is 11.5 Å². The Balaban J connectivity index is 1.82. The van der Waals surface area contributed by atoms with Crippen molar-refractivity contribution in [3.63, 3.8) is 0 Å². The highest BCUT2D eigenvalue weighted by molar-refractivity contribution is 6.31. The van der Waals surface area contributed by atoms with Crippen LogP contribution >= 0.6 is 11.6 Å². The quantitative estimate of drug-likeness (QED) is 0.717. The largest absolute Gasteiger partial charge is 0.497 e. The van der Waals surface area contributed by atoms with Gasteiger partial charge in [0.1, 0.15) is 18.4 Å². The number of amides is 1. The van der Waals surface area contributed by atoms with E-state index in [-0.39, 0.29) is 17.8 Å². The van der Waals surface area contributed by atoms with E-state index in [0.717, 1.165) is 10.2 Å². The van der Waals surface area contributed by atoms with Crippen molar-refractivity contribution in [3.8, 4) is 23.1 Å². The van der Waals surface area contributed by atoms with Crippen LogP contribution in [-0.2, 0) is 11.3 Å². The topological polar surface area (TPSA) is 97.0 Å². The Morgan fingerprint density at radius 3 is 2.64 bits per heavy atom. The lowest BCUT2D eigenvalue weighted by molar-refractivity contribution is -0.117. The summed E-state index contributed by atoms with van der Waals surface area (Å²) < 4.78 is 6.18. The molecule has 0 radical (unpaired) electrons. The molecule has 0 unspecified atom stereocenters. The molecule has 0 aliphatic carbocycles. The number of nitriles is 1. The zero-order valence-corrected chi connectivity index (χ0v) is 15.6. The minimum absolute atomic E-state index is 0.269. The predicted octanol–water partition coefficient (Wildman–Crippen LogP) is 3.08. The van der Waals surface area contributed by atoms with Crippen molar-refractivity contribution >= 4 is 23.2 Å². The molecule has 140 valence electrons. The van der Waals surface area contributed by atoms with E-state index >= 15 is 0 Å². The van der Waals surface area contributed by atoms with Crippen molar-refractivity contribution in [2.45, 2.75) is 6.54 Å². The summed E-state index contributed by atoms with van der Waals surface area (Å²) in [4.78, 5) is 24.5. The van der Waals surface area contributed by atoms with Gasteiger partial charge in [-0.15, -0.1) is 0 Å². The van der Waals surface area contributed by atoms with Gasteiger partial charge in [-0.3, -0.25) is 9.59 Å². The monoisotopic (exact) mass is 394 g/mol. The lowest BCUT2D eigenvalue weighted by Gasteiger charge is -2.10. The standard InChI is InChI=1S/C20H15ClN4O3/c1-28-16-6-3-13(4-7-16)17-8-9-20(27)25(24-17)12-19(26)23-18-10-15(21)5-2-14(18)11-22/h2-10H,12H2,1H3,(H,23,26). The number of anilines is 1. The second-order valence-corrected chi connectivity index (χ2v) is 6.23. The molecule has 1 aromatic heterocycles. The Morgan fingerprint density at radius 2 is 1.96 bits per heavy atom. The van der Waals surface area contributed by atoms with E-state index in [1.165, 1.54) is 18.2 Å². The third kappa shape index (κ3) is 4.37. The average Bonchev–Trinajstić information content (AvgIpc) is 2.70. The second-order valence-electron chi connectivity index (χ2n) is 5.79. The normalized spacial score (nSPS) is 10.2. The summed E-state index contributed by atoms with van der Waals surface area (Å²) in [6, 6.07) is 16.6. The van der Waals surface area contributed by atoms with Crippen molar-refractivity contribution in [1.29, 1.82) is 5.26 Å². The number of benzene rings is 2. The summed E-state index contributed by atoms with van der Waals surface area (Å²) in [5, 5.41) is 16.4. The molecule has 7 nitrogen and oxygen atoms in total. The van der Waals surface area contributed by atoms with Gasteiger partial charge in [0, 0.05) is 16.7 Å². The predicted molar refractivity (Wildman–Crippen MR) is 105 cm³/mol. The maximum atomic E-state index is 12.4. The van der Waals surface area contributed by atoms with Gasteiger partial charge in [0.15, 0.2) is 0 Å². The van der Waals surface area contributed by atoms with Gasteiger partial charge in [0.2, 0.25) is 5.91 Å². The van der Waals surface area contributed by atoms with Crippen LogP contribution in [0.2, 0.25) is 5.02 Å². The molecule has 0 bridgehead atoms. The zero-order chi connectivity index (χ0) is 20.1. The molecular formula is C20H15ClN4O3. The third-order valence-corrected chi connectivity index (χ3v) is 4.16. The Morgan fingerprint density at radius 1 is 1.21 bits per heavy atom. The second kappa shape index (κ2) is 8.37. The zero-order valence-electron chi connectivity index (χ0n) is 14.8. The van der Waals surface area contributed by atoms with E-state index in [9.17, 15) is 9.59 Å². The molecule has 0 saturated carbocycles. The number of carbonyl (C=O) groups is 1. The van der Waals surface area contributed by atoms with Crippen molar-refractivity contribution in [3.05, 3.63) is 75.5 Å². The average molecular weight is 395 g/mol. The number of hydrogen-bond acceptors (Lipinski definition) is 5. The fourth-order valence-corrected chi connectivity index (χ4v) is 2.69. The lowest BCUT2D eigenvalue weighted by Crippen LogP contribution is -2.29. The maximum absolute atomic E-state index is 12.4. The summed E-state index contributed by atoms with van der Waals surface area (Å²) in [6.45, 7) is -0.305. The molecule has 1 heterocycles. The Hall–Kier alpha value is -3.63. The van der Waals surface area contributed by atoms with Crippen LogP contribution in [0.1, 0.15) is 5.56 Å². The molecule has 0 saturated heterocycles. The molecule has 1 amide bonds. The summed E-state index contributed by atoms with van der Waals surface area (Å²) in [5.41, 5.74) is 1.44. The molecule has 0 aliphatic rings. The number of methoxy groups -OCH3 is 1. The van der Waals surface area contributed by atoms with Crippen LogP contribution in [0, 0.1) is 11.3 Å². The van der Waals surface area contributed by atoms with Gasteiger partial charge < -0.3 is 10.1 Å².